The number of hydrogen-bond donors (Lipinski definition) is 1. The molecule has 0 radical (unpaired) electrons. The van der Waals surface area contributed by atoms with Crippen LogP contribution in [0.15, 0.2) is 65.8 Å². The number of aliphatic imine (C=N–C) groups is 1. The molecule has 1 atom stereocenters. The molecule has 0 amide bonds. The number of alkyl halides is 3. The second kappa shape index (κ2) is 11.0. The summed E-state index contributed by atoms with van der Waals surface area (Å²) >= 11 is 3.68. The van der Waals surface area contributed by atoms with E-state index in [4.69, 9.17) is 30.4 Å². The zero-order chi connectivity index (χ0) is 29.7. The van der Waals surface area contributed by atoms with E-state index in [0.717, 1.165) is 54.9 Å². The average molecular weight is 695 g/mol. The molecule has 220 valence electrons. The molecule has 1 aliphatic carbocycles. The van der Waals surface area contributed by atoms with Crippen LogP contribution in [0.3, 0.4) is 0 Å². The number of nitrogens with zero attached hydrogens (tertiary/aromatic N) is 3. The van der Waals surface area contributed by atoms with Crippen molar-refractivity contribution in [3.63, 3.8) is 0 Å². The Morgan fingerprint density at radius 3 is 2.52 bits per heavy atom. The van der Waals surface area contributed by atoms with Gasteiger partial charge in [-0.2, -0.15) is 0 Å². The van der Waals surface area contributed by atoms with Gasteiger partial charge in [0, 0.05) is 0 Å². The number of rotatable bonds is 9. The fourth-order valence-corrected chi connectivity index (χ4v) is 16.0. The number of pyridine rings is 2. The van der Waals surface area contributed by atoms with E-state index in [9.17, 15) is 0 Å². The van der Waals surface area contributed by atoms with Crippen LogP contribution >= 0.6 is 29.1 Å². The van der Waals surface area contributed by atoms with Gasteiger partial charge >= 0.3 is 257 Å². The summed E-state index contributed by atoms with van der Waals surface area (Å²) in [7, 11) is 0. The van der Waals surface area contributed by atoms with E-state index in [0.29, 0.717) is 11.1 Å². The molecule has 2 aromatic carbocycles. The predicted molar refractivity (Wildman–Crippen MR) is 185 cm³/mol. The molecule has 0 bridgehead atoms. The van der Waals surface area contributed by atoms with E-state index in [1.807, 2.05) is 25.4 Å². The van der Waals surface area contributed by atoms with Crippen molar-refractivity contribution in [2.75, 3.05) is 19.7 Å². The van der Waals surface area contributed by atoms with Gasteiger partial charge in [-0.05, 0) is 0 Å². The minimum absolute atomic E-state index is 0.0283. The Balaban J connectivity index is 1.53. The molecule has 5 nitrogen and oxygen atoms in total. The van der Waals surface area contributed by atoms with Crippen molar-refractivity contribution >= 4 is 41.0 Å². The molecule has 4 aromatic rings. The maximum atomic E-state index is 6.89. The van der Waals surface area contributed by atoms with Crippen LogP contribution in [0.25, 0.3) is 11.3 Å². The first kappa shape index (κ1) is 29.3. The van der Waals surface area contributed by atoms with E-state index in [1.165, 1.54) is 33.1 Å². The zero-order valence-electron chi connectivity index (χ0n) is 25.1. The number of benzene rings is 2. The van der Waals surface area contributed by atoms with Gasteiger partial charge in [0.05, 0.1) is 0 Å². The van der Waals surface area contributed by atoms with Gasteiger partial charge < -0.3 is 0 Å². The maximum absolute atomic E-state index is 6.89. The third-order valence-corrected chi connectivity index (χ3v) is 21.1. The molecule has 6 rings (SSSR count). The van der Waals surface area contributed by atoms with Gasteiger partial charge in [0.2, 0.25) is 0 Å². The molecule has 42 heavy (non-hydrogen) atoms. The Bertz CT molecular complexity index is 1700. The molecule has 1 saturated heterocycles. The van der Waals surface area contributed by atoms with Crippen LogP contribution in [-0.4, -0.2) is 36.2 Å². The Morgan fingerprint density at radius 1 is 1.12 bits per heavy atom. The Morgan fingerprint density at radius 2 is 1.86 bits per heavy atom. The summed E-state index contributed by atoms with van der Waals surface area (Å²) in [6, 6.07) is 19.9. The number of nitrogen functional groups attached to an aromatic ring is 1. The van der Waals surface area contributed by atoms with E-state index in [2.05, 4.69) is 79.2 Å². The molecule has 1 unspecified atom stereocenters. The van der Waals surface area contributed by atoms with Crippen molar-refractivity contribution in [3.8, 4) is 11.3 Å². The van der Waals surface area contributed by atoms with Crippen molar-refractivity contribution in [2.24, 2.45) is 4.99 Å². The van der Waals surface area contributed by atoms with Crippen LogP contribution in [-0.2, 0) is 9.49 Å². The van der Waals surface area contributed by atoms with Gasteiger partial charge in [-0.15, -0.1) is 0 Å². The van der Waals surface area contributed by atoms with E-state index >= 15 is 0 Å². The van der Waals surface area contributed by atoms with Gasteiger partial charge in [-0.3, -0.25) is 0 Å². The molecular weight excluding hydrogens is 655 g/mol. The zero-order valence-corrected chi connectivity index (χ0v) is 28.0. The van der Waals surface area contributed by atoms with Crippen molar-refractivity contribution < 1.29 is 3.07 Å². The summed E-state index contributed by atoms with van der Waals surface area (Å²) in [6.07, 6.45) is 6.92. The third kappa shape index (κ3) is 5.49. The van der Waals surface area contributed by atoms with Crippen LogP contribution in [0.1, 0.15) is 64.9 Å². The van der Waals surface area contributed by atoms with Gasteiger partial charge in [0.25, 0.3) is 0 Å². The van der Waals surface area contributed by atoms with Crippen molar-refractivity contribution in [3.05, 3.63) is 109 Å². The first-order chi connectivity index (χ1) is 20.1. The molecular formula is C35H40ClIN4O. The summed E-state index contributed by atoms with van der Waals surface area (Å²) in [5, 5.41) is 0.654. The summed E-state index contributed by atoms with van der Waals surface area (Å²) < 4.78 is 9.76. The van der Waals surface area contributed by atoms with Crippen LogP contribution in [0.2, 0.25) is 5.02 Å². The van der Waals surface area contributed by atoms with E-state index < -0.39 is 17.5 Å². The summed E-state index contributed by atoms with van der Waals surface area (Å²) in [4.78, 5) is 17.0. The van der Waals surface area contributed by atoms with Gasteiger partial charge in [-0.25, -0.2) is 0 Å². The van der Waals surface area contributed by atoms with Crippen LogP contribution in [0, 0.1) is 24.3 Å². The fourth-order valence-electron chi connectivity index (χ4n) is 5.68. The normalized spacial score (nSPS) is 18.9. The number of halogens is 2. The molecule has 2 N–H and O–H groups in total. The summed E-state index contributed by atoms with van der Waals surface area (Å²) in [5.74, 6) is 0.0283. The molecule has 0 spiro atoms. The minimum atomic E-state index is -3.21. The monoisotopic (exact) mass is 694 g/mol. The first-order valence-electron chi connectivity index (χ1n) is 14.6. The first-order valence-corrected chi connectivity index (χ1v) is 22.2. The van der Waals surface area contributed by atoms with Gasteiger partial charge in [0.1, 0.15) is 0 Å². The number of nitrogens with two attached hydrogens (primary N) is 1. The topological polar surface area (TPSA) is 76.7 Å². The van der Waals surface area contributed by atoms with E-state index in [1.54, 1.807) is 0 Å². The molecule has 2 fully saturated rings. The van der Waals surface area contributed by atoms with Gasteiger partial charge in [-0.1, -0.05) is 0 Å². The Labute approximate surface area is 256 Å². The van der Waals surface area contributed by atoms with Gasteiger partial charge in [0.15, 0.2) is 0 Å². The third-order valence-electron chi connectivity index (χ3n) is 8.86. The Hall–Kier alpha value is -2.81. The number of anilines is 1. The number of hydrogen-bond acceptors (Lipinski definition) is 5. The molecule has 1 saturated carbocycles. The second-order valence-electron chi connectivity index (χ2n) is 12.0. The van der Waals surface area contributed by atoms with Crippen LogP contribution in [0.4, 0.5) is 5.69 Å². The molecule has 3 heterocycles. The summed E-state index contributed by atoms with van der Waals surface area (Å²) in [6.45, 7) is 8.50. The van der Waals surface area contributed by atoms with Crippen molar-refractivity contribution in [2.45, 2.75) is 58.9 Å². The standard InChI is InChI=1S/C35H40ClIN4O/c1-6-37(5,21-42-37)31-19-32(41-35(23(31)3)29-14-15-39-24(4)33(29)36)30(26-10-8-7-9-11-26)18-25-16-22(2)34(38)27(17-25)20-40-28-12-13-28/h7-11,14-17,19-20,28,30H,6,12-13,18,21,38H2,1-5H3. The number of aryl methyl sites for hydroxylation is 2. The SMILES string of the molecule is CCI1(C)(c2cc(C(Cc3cc(C)c(N)c(C=NC4CC4)c3)c3ccccc3)nc(-c3ccnc(C)c3Cl)c2C)CO1. The number of aromatic nitrogens is 2. The molecule has 7 heteroatoms. The molecule has 1 aliphatic heterocycles. The molecule has 2 aliphatic rings. The Kier molecular flexibility index (Phi) is 7.69. The average Bonchev–Trinajstić information content (AvgIpc) is 3.93. The quantitative estimate of drug-likeness (QED) is 0.0627. The van der Waals surface area contributed by atoms with Crippen LogP contribution < -0.4 is 5.73 Å². The van der Waals surface area contributed by atoms with Crippen molar-refractivity contribution in [1.82, 2.24) is 9.97 Å². The second-order valence-corrected chi connectivity index (χ2v) is 25.6. The van der Waals surface area contributed by atoms with Crippen LogP contribution in [0.5, 0.6) is 0 Å². The molecule has 2 aromatic heterocycles. The van der Waals surface area contributed by atoms with E-state index in [-0.39, 0.29) is 5.92 Å². The predicted octanol–water partition coefficient (Wildman–Crippen LogP) is 8.56. The van der Waals surface area contributed by atoms with Crippen molar-refractivity contribution in [1.29, 1.82) is 0 Å². The summed E-state index contributed by atoms with van der Waals surface area (Å²) in [5.41, 5.74) is 16.7. The fraction of sp³-hybridized carbons (Fsp3) is 0.343.